The van der Waals surface area contributed by atoms with E-state index in [2.05, 4.69) is 20.2 Å². The summed E-state index contributed by atoms with van der Waals surface area (Å²) in [5.74, 6) is -0.0760. The summed E-state index contributed by atoms with van der Waals surface area (Å²) in [7, 11) is 0. The second-order valence-electron chi connectivity index (χ2n) is 6.73. The molecular weight excluding hydrogens is 366 g/mol. The van der Waals surface area contributed by atoms with Gasteiger partial charge in [0.2, 0.25) is 5.91 Å². The number of benzene rings is 1. The molecule has 1 fully saturated rings. The van der Waals surface area contributed by atoms with Crippen LogP contribution in [0.5, 0.6) is 0 Å². The monoisotopic (exact) mass is 387 g/mol. The van der Waals surface area contributed by atoms with E-state index in [1.807, 2.05) is 12.1 Å². The van der Waals surface area contributed by atoms with Gasteiger partial charge in [-0.15, -0.1) is 0 Å². The zero-order valence-electron chi connectivity index (χ0n) is 14.9. The van der Waals surface area contributed by atoms with Gasteiger partial charge < -0.3 is 20.8 Å². The van der Waals surface area contributed by atoms with Gasteiger partial charge in [0.15, 0.2) is 0 Å². The van der Waals surface area contributed by atoms with Gasteiger partial charge in [-0.3, -0.25) is 14.7 Å². The average Bonchev–Trinajstić information content (AvgIpc) is 3.02. The number of fused-ring (bicyclic) bond motifs is 3. The van der Waals surface area contributed by atoms with Crippen LogP contribution >= 0.6 is 11.6 Å². The van der Waals surface area contributed by atoms with Crippen LogP contribution in [0.1, 0.15) is 6.42 Å². The highest BCUT2D eigenvalue weighted by Gasteiger charge is 2.25. The van der Waals surface area contributed by atoms with E-state index in [0.29, 0.717) is 36.9 Å². The molecule has 0 saturated carbocycles. The molecule has 8 heteroatoms. The molecule has 1 aromatic carbocycles. The number of nitrogens with zero attached hydrogens (tertiary/aromatic N) is 2. The quantitative estimate of drug-likeness (QED) is 0.624. The number of pyridine rings is 1. The zero-order chi connectivity index (χ0) is 18.8. The van der Waals surface area contributed by atoms with Gasteiger partial charge in [0.1, 0.15) is 0 Å². The SMILES string of the molecule is NCCN1CCOCC1CC(=O)Nc1cc(Cl)cc2c1[nH]c1cnccc12. The third-order valence-electron chi connectivity index (χ3n) is 4.93. The summed E-state index contributed by atoms with van der Waals surface area (Å²) in [5, 5.41) is 5.56. The second-order valence-corrected chi connectivity index (χ2v) is 7.16. The second kappa shape index (κ2) is 7.82. The summed E-state index contributed by atoms with van der Waals surface area (Å²) >= 11 is 6.30. The largest absolute Gasteiger partial charge is 0.378 e. The molecule has 142 valence electrons. The molecule has 0 spiro atoms. The Bertz CT molecular complexity index is 971. The number of carbonyl (C=O) groups is 1. The van der Waals surface area contributed by atoms with Crippen molar-refractivity contribution in [2.24, 2.45) is 5.73 Å². The van der Waals surface area contributed by atoms with E-state index in [-0.39, 0.29) is 11.9 Å². The molecule has 1 amide bonds. The molecule has 0 radical (unpaired) electrons. The van der Waals surface area contributed by atoms with Crippen molar-refractivity contribution in [3.8, 4) is 0 Å². The molecule has 3 heterocycles. The van der Waals surface area contributed by atoms with Crippen LogP contribution in [0.3, 0.4) is 0 Å². The summed E-state index contributed by atoms with van der Waals surface area (Å²) in [4.78, 5) is 22.4. The minimum Gasteiger partial charge on any atom is -0.378 e. The Morgan fingerprint density at radius 1 is 1.44 bits per heavy atom. The first kappa shape index (κ1) is 18.2. The highest BCUT2D eigenvalue weighted by atomic mass is 35.5. The highest BCUT2D eigenvalue weighted by molar-refractivity contribution is 6.32. The first-order valence-corrected chi connectivity index (χ1v) is 9.40. The number of aromatic nitrogens is 2. The number of ether oxygens (including phenoxy) is 1. The summed E-state index contributed by atoms with van der Waals surface area (Å²) in [6.07, 6.45) is 3.85. The van der Waals surface area contributed by atoms with Crippen molar-refractivity contribution in [2.75, 3.05) is 38.2 Å². The maximum absolute atomic E-state index is 12.7. The minimum absolute atomic E-state index is 0.0314. The fourth-order valence-electron chi connectivity index (χ4n) is 3.67. The van der Waals surface area contributed by atoms with Gasteiger partial charge in [-0.25, -0.2) is 0 Å². The van der Waals surface area contributed by atoms with Crippen LogP contribution in [0, 0.1) is 0 Å². The molecule has 3 aromatic rings. The number of nitrogens with two attached hydrogens (primary N) is 1. The van der Waals surface area contributed by atoms with Crippen molar-refractivity contribution in [3.05, 3.63) is 35.6 Å². The Morgan fingerprint density at radius 2 is 2.33 bits per heavy atom. The number of nitrogens with one attached hydrogen (secondary N) is 2. The Morgan fingerprint density at radius 3 is 3.19 bits per heavy atom. The number of H-pyrrole nitrogens is 1. The maximum atomic E-state index is 12.7. The Hall–Kier alpha value is -2.19. The standard InChI is InChI=1S/C19H22ClN5O2/c20-12-7-15-14-1-3-22-10-17(14)24-19(15)16(8-12)23-18(26)9-13-11-27-6-5-25(13)4-2-21/h1,3,7-8,10,13,24H,2,4-6,9,11,21H2,(H,23,26). The van der Waals surface area contributed by atoms with Crippen LogP contribution in [0.4, 0.5) is 5.69 Å². The van der Waals surface area contributed by atoms with E-state index in [1.54, 1.807) is 18.5 Å². The third kappa shape index (κ3) is 3.77. The van der Waals surface area contributed by atoms with Crippen molar-refractivity contribution in [1.29, 1.82) is 0 Å². The van der Waals surface area contributed by atoms with Crippen LogP contribution in [0.2, 0.25) is 5.02 Å². The van der Waals surface area contributed by atoms with E-state index in [9.17, 15) is 4.79 Å². The number of halogens is 1. The Kier molecular flexibility index (Phi) is 5.27. The van der Waals surface area contributed by atoms with E-state index in [4.69, 9.17) is 22.1 Å². The smallest absolute Gasteiger partial charge is 0.226 e. The van der Waals surface area contributed by atoms with Crippen molar-refractivity contribution in [3.63, 3.8) is 0 Å². The highest BCUT2D eigenvalue weighted by Crippen LogP contribution is 2.33. The number of aromatic amines is 1. The lowest BCUT2D eigenvalue weighted by Crippen LogP contribution is -2.48. The van der Waals surface area contributed by atoms with E-state index < -0.39 is 0 Å². The van der Waals surface area contributed by atoms with E-state index >= 15 is 0 Å². The lowest BCUT2D eigenvalue weighted by molar-refractivity contribution is -0.119. The fraction of sp³-hybridized carbons (Fsp3) is 0.368. The van der Waals surface area contributed by atoms with Crippen LogP contribution in [0.25, 0.3) is 21.8 Å². The number of amides is 1. The molecule has 1 aliphatic heterocycles. The lowest BCUT2D eigenvalue weighted by atomic mass is 10.1. The zero-order valence-corrected chi connectivity index (χ0v) is 15.6. The normalized spacial score (nSPS) is 18.2. The fourth-order valence-corrected chi connectivity index (χ4v) is 3.89. The predicted octanol–water partition coefficient (Wildman–Crippen LogP) is 2.36. The molecule has 27 heavy (non-hydrogen) atoms. The molecular formula is C19H22ClN5O2. The predicted molar refractivity (Wildman–Crippen MR) is 107 cm³/mol. The van der Waals surface area contributed by atoms with Gasteiger partial charge in [-0.2, -0.15) is 0 Å². The molecule has 0 bridgehead atoms. The summed E-state index contributed by atoms with van der Waals surface area (Å²) in [5.41, 5.74) is 8.10. The Balaban J connectivity index is 1.58. The van der Waals surface area contributed by atoms with E-state index in [0.717, 1.165) is 34.9 Å². The number of rotatable bonds is 5. The molecule has 1 aliphatic rings. The first-order valence-electron chi connectivity index (χ1n) is 9.02. The van der Waals surface area contributed by atoms with Gasteiger partial charge in [-0.05, 0) is 18.2 Å². The van der Waals surface area contributed by atoms with Crippen molar-refractivity contribution in [1.82, 2.24) is 14.9 Å². The van der Waals surface area contributed by atoms with Crippen LogP contribution in [-0.4, -0.2) is 59.7 Å². The molecule has 4 rings (SSSR count). The summed E-state index contributed by atoms with van der Waals surface area (Å²) < 4.78 is 5.54. The average molecular weight is 388 g/mol. The molecule has 4 N–H and O–H groups in total. The molecule has 2 aromatic heterocycles. The van der Waals surface area contributed by atoms with Crippen molar-refractivity contribution < 1.29 is 9.53 Å². The number of hydrogen-bond donors (Lipinski definition) is 3. The van der Waals surface area contributed by atoms with Gasteiger partial charge >= 0.3 is 0 Å². The molecule has 1 unspecified atom stereocenters. The molecule has 1 saturated heterocycles. The van der Waals surface area contributed by atoms with Gasteiger partial charge in [0.25, 0.3) is 0 Å². The van der Waals surface area contributed by atoms with Gasteiger partial charge in [-0.1, -0.05) is 11.6 Å². The van der Waals surface area contributed by atoms with Gasteiger partial charge in [0.05, 0.1) is 36.1 Å². The number of hydrogen-bond acceptors (Lipinski definition) is 5. The van der Waals surface area contributed by atoms with Crippen molar-refractivity contribution >= 4 is 45.0 Å². The summed E-state index contributed by atoms with van der Waals surface area (Å²) in [6, 6.07) is 5.62. The molecule has 1 atom stereocenters. The number of anilines is 1. The van der Waals surface area contributed by atoms with E-state index in [1.165, 1.54) is 0 Å². The number of carbonyl (C=O) groups excluding carboxylic acids is 1. The van der Waals surface area contributed by atoms with Crippen LogP contribution in [-0.2, 0) is 9.53 Å². The molecule has 7 nitrogen and oxygen atoms in total. The van der Waals surface area contributed by atoms with Crippen molar-refractivity contribution in [2.45, 2.75) is 12.5 Å². The van der Waals surface area contributed by atoms with Crippen LogP contribution < -0.4 is 11.1 Å². The topological polar surface area (TPSA) is 96.3 Å². The Labute approximate surface area is 161 Å². The lowest BCUT2D eigenvalue weighted by Gasteiger charge is -2.34. The van der Waals surface area contributed by atoms with Gasteiger partial charge in [0, 0.05) is 54.1 Å². The maximum Gasteiger partial charge on any atom is 0.226 e. The summed E-state index contributed by atoms with van der Waals surface area (Å²) in [6.45, 7) is 3.34. The number of morpholine rings is 1. The first-order chi connectivity index (χ1) is 13.2. The molecule has 0 aliphatic carbocycles. The third-order valence-corrected chi connectivity index (χ3v) is 5.15. The minimum atomic E-state index is -0.0760. The van der Waals surface area contributed by atoms with Crippen LogP contribution in [0.15, 0.2) is 30.6 Å².